The van der Waals surface area contributed by atoms with Gasteiger partial charge in [0.15, 0.2) is 0 Å². The molecule has 0 aliphatic carbocycles. The fourth-order valence-corrected chi connectivity index (χ4v) is 3.02. The molecule has 1 aromatic rings. The molecule has 0 spiro atoms. The molecule has 1 N–H and O–H groups in total. The van der Waals surface area contributed by atoms with Gasteiger partial charge in [-0.1, -0.05) is 20.3 Å². The number of aliphatic hydroxyl groups excluding tert-OH is 1. The number of hydrogen-bond donors (Lipinski definition) is 1. The molecular weight excluding hydrogens is 290 g/mol. The van der Waals surface area contributed by atoms with Crippen LogP contribution in [0.15, 0.2) is 24.3 Å². The van der Waals surface area contributed by atoms with E-state index in [0.29, 0.717) is 5.56 Å². The van der Waals surface area contributed by atoms with Crippen molar-refractivity contribution in [2.45, 2.75) is 46.0 Å². The molecule has 1 aliphatic heterocycles. The SMILES string of the molecule is CCCCOc1ccc(C(=O)N2CCC(CC)(CO)CC2)cc1. The molecule has 0 radical (unpaired) electrons. The fourth-order valence-electron chi connectivity index (χ4n) is 3.02. The lowest BCUT2D eigenvalue weighted by atomic mass is 9.77. The molecule has 0 saturated carbocycles. The van der Waals surface area contributed by atoms with E-state index in [-0.39, 0.29) is 17.9 Å². The summed E-state index contributed by atoms with van der Waals surface area (Å²) in [6, 6.07) is 7.43. The molecule has 4 heteroatoms. The number of carbonyl (C=O) groups excluding carboxylic acids is 1. The number of carbonyl (C=O) groups is 1. The molecule has 1 heterocycles. The molecule has 0 unspecified atom stereocenters. The van der Waals surface area contributed by atoms with Gasteiger partial charge in [0.1, 0.15) is 5.75 Å². The first kappa shape index (κ1) is 17.8. The maximum absolute atomic E-state index is 12.6. The number of hydrogen-bond acceptors (Lipinski definition) is 3. The minimum Gasteiger partial charge on any atom is -0.494 e. The van der Waals surface area contributed by atoms with Crippen LogP contribution >= 0.6 is 0 Å². The smallest absolute Gasteiger partial charge is 0.253 e. The number of piperidine rings is 1. The van der Waals surface area contributed by atoms with Crippen LogP contribution in [0.5, 0.6) is 5.75 Å². The van der Waals surface area contributed by atoms with Gasteiger partial charge < -0.3 is 14.7 Å². The molecule has 1 aliphatic rings. The average Bonchev–Trinajstić information content (AvgIpc) is 2.62. The van der Waals surface area contributed by atoms with Crippen LogP contribution < -0.4 is 4.74 Å². The molecule has 0 bridgehead atoms. The predicted octanol–water partition coefficient (Wildman–Crippen LogP) is 3.49. The highest BCUT2D eigenvalue weighted by atomic mass is 16.5. The Balaban J connectivity index is 1.91. The third-order valence-electron chi connectivity index (χ3n) is 5.06. The largest absolute Gasteiger partial charge is 0.494 e. The Morgan fingerprint density at radius 1 is 1.22 bits per heavy atom. The summed E-state index contributed by atoms with van der Waals surface area (Å²) in [5.74, 6) is 0.895. The first-order valence-electron chi connectivity index (χ1n) is 8.77. The molecule has 23 heavy (non-hydrogen) atoms. The first-order chi connectivity index (χ1) is 11.1. The Kier molecular flexibility index (Phi) is 6.46. The van der Waals surface area contributed by atoms with Gasteiger partial charge in [-0.3, -0.25) is 4.79 Å². The minimum atomic E-state index is 0.00769. The van der Waals surface area contributed by atoms with E-state index in [0.717, 1.165) is 57.6 Å². The van der Waals surface area contributed by atoms with Crippen LogP contribution in [0.4, 0.5) is 0 Å². The standard InChI is InChI=1S/C19H29NO3/c1-3-5-14-23-17-8-6-16(7-9-17)18(22)20-12-10-19(4-2,15-21)11-13-20/h6-9,21H,3-5,10-15H2,1-2H3. The molecule has 1 amide bonds. The second kappa shape index (κ2) is 8.34. The zero-order chi connectivity index (χ0) is 16.7. The zero-order valence-corrected chi connectivity index (χ0v) is 14.4. The van der Waals surface area contributed by atoms with Gasteiger partial charge in [-0.05, 0) is 55.4 Å². The Hall–Kier alpha value is -1.55. The van der Waals surface area contributed by atoms with E-state index in [9.17, 15) is 9.90 Å². The average molecular weight is 319 g/mol. The van der Waals surface area contributed by atoms with Gasteiger partial charge in [-0.25, -0.2) is 0 Å². The summed E-state index contributed by atoms with van der Waals surface area (Å²) in [6.45, 7) is 6.63. The summed E-state index contributed by atoms with van der Waals surface area (Å²) in [5.41, 5.74) is 0.717. The molecule has 2 rings (SSSR count). The zero-order valence-electron chi connectivity index (χ0n) is 14.4. The third-order valence-corrected chi connectivity index (χ3v) is 5.06. The Morgan fingerprint density at radius 3 is 2.39 bits per heavy atom. The van der Waals surface area contributed by atoms with Crippen molar-refractivity contribution in [2.75, 3.05) is 26.3 Å². The lowest BCUT2D eigenvalue weighted by Gasteiger charge is -2.40. The predicted molar refractivity (Wildman–Crippen MR) is 91.8 cm³/mol. The molecule has 4 nitrogen and oxygen atoms in total. The summed E-state index contributed by atoms with van der Waals surface area (Å²) in [7, 11) is 0. The summed E-state index contributed by atoms with van der Waals surface area (Å²) in [5, 5.41) is 9.59. The van der Waals surface area contributed by atoms with E-state index >= 15 is 0 Å². The Bertz CT molecular complexity index is 484. The highest BCUT2D eigenvalue weighted by molar-refractivity contribution is 5.94. The maximum atomic E-state index is 12.6. The number of aliphatic hydroxyl groups is 1. The van der Waals surface area contributed by atoms with Gasteiger partial charge in [0.2, 0.25) is 0 Å². The van der Waals surface area contributed by atoms with Crippen LogP contribution in [-0.2, 0) is 0 Å². The normalized spacial score (nSPS) is 17.1. The number of unbranched alkanes of at least 4 members (excludes halogenated alkanes) is 1. The van der Waals surface area contributed by atoms with Crippen molar-refractivity contribution in [2.24, 2.45) is 5.41 Å². The van der Waals surface area contributed by atoms with Crippen molar-refractivity contribution >= 4 is 5.91 Å². The number of benzene rings is 1. The van der Waals surface area contributed by atoms with Crippen molar-refractivity contribution in [1.29, 1.82) is 0 Å². The van der Waals surface area contributed by atoms with Crippen LogP contribution in [0.1, 0.15) is 56.3 Å². The second-order valence-electron chi connectivity index (χ2n) is 6.53. The molecule has 0 aromatic heterocycles. The summed E-state index contributed by atoms with van der Waals surface area (Å²) >= 11 is 0. The molecule has 1 saturated heterocycles. The van der Waals surface area contributed by atoms with Crippen LogP contribution in [0.3, 0.4) is 0 Å². The van der Waals surface area contributed by atoms with E-state index in [2.05, 4.69) is 13.8 Å². The number of ether oxygens (including phenoxy) is 1. The van der Waals surface area contributed by atoms with Crippen molar-refractivity contribution in [1.82, 2.24) is 4.90 Å². The highest BCUT2D eigenvalue weighted by Gasteiger charge is 2.34. The molecule has 1 aromatic carbocycles. The molecular formula is C19H29NO3. The van der Waals surface area contributed by atoms with Gasteiger partial charge in [0.05, 0.1) is 6.61 Å². The number of amides is 1. The van der Waals surface area contributed by atoms with Gasteiger partial charge in [-0.2, -0.15) is 0 Å². The van der Waals surface area contributed by atoms with Gasteiger partial charge in [-0.15, -0.1) is 0 Å². The van der Waals surface area contributed by atoms with E-state index in [1.807, 2.05) is 29.2 Å². The first-order valence-corrected chi connectivity index (χ1v) is 8.77. The van der Waals surface area contributed by atoms with Gasteiger partial charge in [0.25, 0.3) is 5.91 Å². The lowest BCUT2D eigenvalue weighted by molar-refractivity contribution is 0.0338. The number of nitrogens with zero attached hydrogens (tertiary/aromatic N) is 1. The summed E-state index contributed by atoms with van der Waals surface area (Å²) < 4.78 is 5.63. The van der Waals surface area contributed by atoms with Crippen LogP contribution in [0, 0.1) is 5.41 Å². The van der Waals surface area contributed by atoms with Gasteiger partial charge >= 0.3 is 0 Å². The van der Waals surface area contributed by atoms with Crippen LogP contribution in [0.25, 0.3) is 0 Å². The van der Waals surface area contributed by atoms with E-state index in [1.165, 1.54) is 0 Å². The molecule has 0 atom stereocenters. The topological polar surface area (TPSA) is 49.8 Å². The molecule has 1 fully saturated rings. The maximum Gasteiger partial charge on any atom is 0.253 e. The van der Waals surface area contributed by atoms with Crippen LogP contribution in [0.2, 0.25) is 0 Å². The monoisotopic (exact) mass is 319 g/mol. The summed E-state index contributed by atoms with van der Waals surface area (Å²) in [4.78, 5) is 14.5. The van der Waals surface area contributed by atoms with Crippen molar-refractivity contribution in [3.05, 3.63) is 29.8 Å². The highest BCUT2D eigenvalue weighted by Crippen LogP contribution is 2.34. The lowest BCUT2D eigenvalue weighted by Crippen LogP contribution is -2.44. The quantitative estimate of drug-likeness (QED) is 0.783. The number of rotatable bonds is 7. The Morgan fingerprint density at radius 2 is 1.87 bits per heavy atom. The Labute approximate surface area is 139 Å². The van der Waals surface area contributed by atoms with Crippen molar-refractivity contribution in [3.8, 4) is 5.75 Å². The summed E-state index contributed by atoms with van der Waals surface area (Å²) in [6.07, 6.45) is 4.88. The second-order valence-corrected chi connectivity index (χ2v) is 6.53. The van der Waals surface area contributed by atoms with E-state index < -0.39 is 0 Å². The molecule has 128 valence electrons. The number of likely N-dealkylation sites (tertiary alicyclic amines) is 1. The third kappa shape index (κ3) is 4.47. The van der Waals surface area contributed by atoms with Crippen LogP contribution in [-0.4, -0.2) is 42.2 Å². The van der Waals surface area contributed by atoms with E-state index in [4.69, 9.17) is 4.74 Å². The van der Waals surface area contributed by atoms with Crippen molar-refractivity contribution in [3.63, 3.8) is 0 Å². The van der Waals surface area contributed by atoms with Crippen molar-refractivity contribution < 1.29 is 14.6 Å². The fraction of sp³-hybridized carbons (Fsp3) is 0.632. The van der Waals surface area contributed by atoms with E-state index in [1.54, 1.807) is 0 Å². The minimum absolute atomic E-state index is 0.00769. The van der Waals surface area contributed by atoms with Gasteiger partial charge in [0, 0.05) is 25.3 Å².